The van der Waals surface area contributed by atoms with Crippen molar-refractivity contribution >= 4 is 0 Å². The van der Waals surface area contributed by atoms with Crippen LogP contribution in [0, 0.1) is 11.3 Å². The van der Waals surface area contributed by atoms with E-state index in [9.17, 15) is 5.26 Å². The minimum Gasteiger partial charge on any atom is -0.496 e. The molecule has 0 atom stereocenters. The molecule has 0 radical (unpaired) electrons. The Morgan fingerprint density at radius 2 is 1.64 bits per heavy atom. The normalized spacial score (nSPS) is 10.7. The molecule has 3 rings (SSSR count). The molecule has 33 heavy (non-hydrogen) atoms. The molecule has 0 heterocycles. The molecule has 0 unspecified atom stereocenters. The lowest BCUT2D eigenvalue weighted by Crippen LogP contribution is -2.26. The van der Waals surface area contributed by atoms with E-state index in [1.165, 1.54) is 0 Å². The Morgan fingerprint density at radius 3 is 2.24 bits per heavy atom. The standard InChI is InChI=1S/C27H31N3O3/c1-30(2)14-13-29-18-25-26(31-3)15-22(16-27(25)32-4)33-19-21-11-8-12-23(24(21)17-28)20-9-6-5-7-10-20/h5-12,15-16,29H,13-14,18-19H2,1-4H3. The first-order valence-corrected chi connectivity index (χ1v) is 10.9. The molecule has 0 spiro atoms. The summed E-state index contributed by atoms with van der Waals surface area (Å²) >= 11 is 0. The number of hydrogen-bond donors (Lipinski definition) is 1. The minimum absolute atomic E-state index is 0.260. The number of likely N-dealkylation sites (N-methyl/N-ethyl adjacent to an activating group) is 1. The van der Waals surface area contributed by atoms with Crippen LogP contribution in [0.1, 0.15) is 16.7 Å². The van der Waals surface area contributed by atoms with Crippen molar-refractivity contribution in [2.24, 2.45) is 0 Å². The monoisotopic (exact) mass is 445 g/mol. The lowest BCUT2D eigenvalue weighted by atomic mass is 9.96. The van der Waals surface area contributed by atoms with Gasteiger partial charge in [0.25, 0.3) is 0 Å². The molecule has 0 aromatic heterocycles. The molecule has 0 amide bonds. The fourth-order valence-electron chi connectivity index (χ4n) is 3.61. The van der Waals surface area contributed by atoms with Crippen LogP contribution in [0.2, 0.25) is 0 Å². The molecule has 3 aromatic rings. The lowest BCUT2D eigenvalue weighted by Gasteiger charge is -2.17. The van der Waals surface area contributed by atoms with E-state index in [0.29, 0.717) is 29.4 Å². The SMILES string of the molecule is COc1cc(OCc2cccc(-c3ccccc3)c2C#N)cc(OC)c1CNCCN(C)C. The van der Waals surface area contributed by atoms with Crippen molar-refractivity contribution in [2.45, 2.75) is 13.2 Å². The van der Waals surface area contributed by atoms with E-state index in [1.807, 2.05) is 74.8 Å². The number of methoxy groups -OCH3 is 2. The molecule has 0 saturated heterocycles. The first-order chi connectivity index (χ1) is 16.1. The van der Waals surface area contributed by atoms with Crippen molar-refractivity contribution in [1.29, 1.82) is 5.26 Å². The number of hydrogen-bond acceptors (Lipinski definition) is 6. The fourth-order valence-corrected chi connectivity index (χ4v) is 3.61. The zero-order chi connectivity index (χ0) is 23.6. The quantitative estimate of drug-likeness (QED) is 0.439. The minimum atomic E-state index is 0.260. The van der Waals surface area contributed by atoms with Crippen LogP contribution in [0.15, 0.2) is 60.7 Å². The summed E-state index contributed by atoms with van der Waals surface area (Å²) in [6, 6.07) is 21.8. The molecule has 0 fully saturated rings. The van der Waals surface area contributed by atoms with Gasteiger partial charge in [-0.25, -0.2) is 0 Å². The van der Waals surface area contributed by atoms with Crippen LogP contribution in [0.4, 0.5) is 0 Å². The van der Waals surface area contributed by atoms with Gasteiger partial charge >= 0.3 is 0 Å². The zero-order valence-electron chi connectivity index (χ0n) is 19.7. The van der Waals surface area contributed by atoms with Crippen LogP contribution in [-0.4, -0.2) is 46.3 Å². The Kier molecular flexibility index (Phi) is 8.71. The van der Waals surface area contributed by atoms with E-state index in [4.69, 9.17) is 14.2 Å². The van der Waals surface area contributed by atoms with Crippen molar-refractivity contribution in [3.63, 3.8) is 0 Å². The number of rotatable bonds is 11. The maximum absolute atomic E-state index is 9.84. The lowest BCUT2D eigenvalue weighted by molar-refractivity contribution is 0.299. The maximum Gasteiger partial charge on any atom is 0.130 e. The third kappa shape index (κ3) is 6.26. The summed E-state index contributed by atoms with van der Waals surface area (Å²) < 4.78 is 17.3. The molecule has 0 aliphatic carbocycles. The van der Waals surface area contributed by atoms with Crippen molar-refractivity contribution in [3.8, 4) is 34.4 Å². The van der Waals surface area contributed by atoms with Gasteiger partial charge in [-0.2, -0.15) is 5.26 Å². The third-order valence-electron chi connectivity index (χ3n) is 5.36. The number of benzene rings is 3. The Bertz CT molecular complexity index is 1070. The largest absolute Gasteiger partial charge is 0.496 e. The molecule has 0 aliphatic heterocycles. The van der Waals surface area contributed by atoms with E-state index in [-0.39, 0.29) is 6.61 Å². The van der Waals surface area contributed by atoms with Gasteiger partial charge in [-0.15, -0.1) is 0 Å². The van der Waals surface area contributed by atoms with Crippen LogP contribution in [0.3, 0.4) is 0 Å². The molecule has 3 aromatic carbocycles. The highest BCUT2D eigenvalue weighted by Gasteiger charge is 2.15. The summed E-state index contributed by atoms with van der Waals surface area (Å²) in [7, 11) is 7.36. The van der Waals surface area contributed by atoms with Gasteiger partial charge in [-0.05, 0) is 25.2 Å². The average Bonchev–Trinajstić information content (AvgIpc) is 2.85. The third-order valence-corrected chi connectivity index (χ3v) is 5.36. The predicted molar refractivity (Wildman–Crippen MR) is 131 cm³/mol. The Labute approximate surface area is 196 Å². The molecule has 6 heteroatoms. The van der Waals surface area contributed by atoms with Crippen LogP contribution in [-0.2, 0) is 13.2 Å². The smallest absolute Gasteiger partial charge is 0.130 e. The summed E-state index contributed by atoms with van der Waals surface area (Å²) in [5, 5.41) is 13.3. The molecular formula is C27H31N3O3. The highest BCUT2D eigenvalue weighted by molar-refractivity contribution is 5.72. The van der Waals surface area contributed by atoms with Gasteiger partial charge < -0.3 is 24.4 Å². The second-order valence-corrected chi connectivity index (χ2v) is 7.89. The zero-order valence-corrected chi connectivity index (χ0v) is 19.7. The number of nitrogens with one attached hydrogen (secondary N) is 1. The van der Waals surface area contributed by atoms with E-state index in [2.05, 4.69) is 16.3 Å². The van der Waals surface area contributed by atoms with Crippen LogP contribution >= 0.6 is 0 Å². The Balaban J connectivity index is 1.80. The molecular weight excluding hydrogens is 414 g/mol. The summed E-state index contributed by atoms with van der Waals surface area (Å²) in [5.74, 6) is 2.01. The summed E-state index contributed by atoms with van der Waals surface area (Å²) in [4.78, 5) is 2.13. The first-order valence-electron chi connectivity index (χ1n) is 10.9. The number of ether oxygens (including phenoxy) is 3. The van der Waals surface area contributed by atoms with E-state index < -0.39 is 0 Å². The van der Waals surface area contributed by atoms with Gasteiger partial charge in [-0.1, -0.05) is 48.5 Å². The van der Waals surface area contributed by atoms with Crippen LogP contribution in [0.25, 0.3) is 11.1 Å². The van der Waals surface area contributed by atoms with E-state index in [1.54, 1.807) is 14.2 Å². The molecule has 0 saturated carbocycles. The van der Waals surface area contributed by atoms with Gasteiger partial charge in [-0.3, -0.25) is 0 Å². The predicted octanol–water partition coefficient (Wildman–Crippen LogP) is 4.47. The van der Waals surface area contributed by atoms with Crippen molar-refractivity contribution in [3.05, 3.63) is 77.4 Å². The Hall–Kier alpha value is -3.53. The van der Waals surface area contributed by atoms with Gasteiger partial charge in [0.1, 0.15) is 29.9 Å². The van der Waals surface area contributed by atoms with Gasteiger partial charge in [0.05, 0.1) is 25.3 Å². The van der Waals surface area contributed by atoms with Crippen LogP contribution < -0.4 is 19.5 Å². The second kappa shape index (κ2) is 11.9. The second-order valence-electron chi connectivity index (χ2n) is 7.89. The molecule has 6 nitrogen and oxygen atoms in total. The molecule has 0 bridgehead atoms. The van der Waals surface area contributed by atoms with Crippen molar-refractivity contribution in [1.82, 2.24) is 10.2 Å². The topological polar surface area (TPSA) is 66.8 Å². The highest BCUT2D eigenvalue weighted by atomic mass is 16.5. The summed E-state index contributed by atoms with van der Waals surface area (Å²) in [6.07, 6.45) is 0. The highest BCUT2D eigenvalue weighted by Crippen LogP contribution is 2.35. The van der Waals surface area contributed by atoms with Crippen molar-refractivity contribution in [2.75, 3.05) is 41.4 Å². The fraction of sp³-hybridized carbons (Fsp3) is 0.296. The number of nitriles is 1. The first kappa shape index (κ1) is 24.1. The number of nitrogens with zero attached hydrogens (tertiary/aromatic N) is 2. The van der Waals surface area contributed by atoms with Gasteiger partial charge in [0, 0.05) is 37.3 Å². The molecule has 172 valence electrons. The molecule has 0 aliphatic rings. The molecule has 1 N–H and O–H groups in total. The van der Waals surface area contributed by atoms with E-state index >= 15 is 0 Å². The van der Waals surface area contributed by atoms with Gasteiger partial charge in [0.15, 0.2) is 0 Å². The maximum atomic E-state index is 9.84. The average molecular weight is 446 g/mol. The van der Waals surface area contributed by atoms with E-state index in [0.717, 1.165) is 35.3 Å². The Morgan fingerprint density at radius 1 is 0.939 bits per heavy atom. The van der Waals surface area contributed by atoms with Crippen LogP contribution in [0.5, 0.6) is 17.2 Å². The van der Waals surface area contributed by atoms with Crippen molar-refractivity contribution < 1.29 is 14.2 Å². The summed E-state index contributed by atoms with van der Waals surface area (Å²) in [6.45, 7) is 2.68. The summed E-state index contributed by atoms with van der Waals surface area (Å²) in [5.41, 5.74) is 4.28. The van der Waals surface area contributed by atoms with Gasteiger partial charge in [0.2, 0.25) is 0 Å².